The van der Waals surface area contributed by atoms with Gasteiger partial charge >= 0.3 is 271 Å². The number of fused-ring (bicyclic) bond motifs is 2. The second-order valence-corrected chi connectivity index (χ2v) is 57.6. The second-order valence-electron chi connectivity index (χ2n) is 13.2. The molecule has 45 heavy (non-hydrogen) atoms. The van der Waals surface area contributed by atoms with Crippen molar-refractivity contribution >= 4 is 18.4 Å². The van der Waals surface area contributed by atoms with E-state index in [-0.39, 0.29) is 0 Å². The zero-order chi connectivity index (χ0) is 31.8. The van der Waals surface area contributed by atoms with E-state index in [1.807, 2.05) is 12.1 Å². The molecule has 0 amide bonds. The van der Waals surface area contributed by atoms with E-state index >= 15 is 0 Å². The van der Waals surface area contributed by atoms with Gasteiger partial charge in [0.25, 0.3) is 0 Å². The van der Waals surface area contributed by atoms with E-state index in [4.69, 9.17) is 18.9 Å². The fourth-order valence-electron chi connectivity index (χ4n) is 7.74. The summed E-state index contributed by atoms with van der Waals surface area (Å²) in [5.41, 5.74) is 10.4. The summed E-state index contributed by atoms with van der Waals surface area (Å²) in [6.07, 6.45) is 11.5. The molecule has 0 radical (unpaired) electrons. The van der Waals surface area contributed by atoms with E-state index in [1.54, 1.807) is 28.4 Å². The Labute approximate surface area is 270 Å². The van der Waals surface area contributed by atoms with Crippen LogP contribution in [0, 0.1) is 0 Å². The van der Waals surface area contributed by atoms with Crippen LogP contribution in [-0.4, -0.2) is 34.7 Å². The molecule has 2 atom stereocenters. The van der Waals surface area contributed by atoms with Gasteiger partial charge in [-0.15, -0.1) is 0 Å². The quantitative estimate of drug-likeness (QED) is 0.150. The maximum absolute atomic E-state index is 5.64. The van der Waals surface area contributed by atoms with Gasteiger partial charge in [0, 0.05) is 0 Å². The molecule has 0 aromatic heterocycles. The number of rotatable bonds is 10. The van der Waals surface area contributed by atoms with Crippen LogP contribution < -0.4 is 18.9 Å². The standard InChI is InChI=1S/2C17H15O2.C3H8Si.2CH3.Hf/c2*1-18-14-9-13(10-15(11-14)19-2)17-8-4-6-12-5-3-7-16(12)17;1-2-3-4;;;/h2*3-11H,1-2H3;4H,2-3H2,1H3;2*1H3;. The number of ether oxygens (including phenoxy) is 4. The molecule has 4 aromatic rings. The van der Waals surface area contributed by atoms with Gasteiger partial charge in [0.15, 0.2) is 0 Å². The zero-order valence-electron chi connectivity index (χ0n) is 27.5. The molecule has 6 heteroatoms. The van der Waals surface area contributed by atoms with Crippen molar-refractivity contribution in [1.29, 1.82) is 0 Å². The minimum absolute atomic E-state index is 0.309. The molecule has 232 valence electrons. The van der Waals surface area contributed by atoms with Crippen molar-refractivity contribution in [3.63, 3.8) is 0 Å². The molecule has 2 unspecified atom stereocenters. The average Bonchev–Trinajstić information content (AvgIpc) is 3.73. The zero-order valence-corrected chi connectivity index (χ0v) is 32.3. The summed E-state index contributed by atoms with van der Waals surface area (Å²) >= 11 is -3.79. The first kappa shape index (κ1) is 31.6. The molecule has 0 saturated heterocycles. The molecule has 0 heterocycles. The third-order valence-corrected chi connectivity index (χ3v) is 53.0. The molecular formula is C39H44HfO4Si. The topological polar surface area (TPSA) is 36.9 Å². The van der Waals surface area contributed by atoms with Gasteiger partial charge in [0.2, 0.25) is 0 Å². The van der Waals surface area contributed by atoms with Crippen molar-refractivity contribution in [2.75, 3.05) is 28.4 Å². The van der Waals surface area contributed by atoms with Crippen LogP contribution in [0.2, 0.25) is 15.4 Å². The monoisotopic (exact) mass is 784 g/mol. The summed E-state index contributed by atoms with van der Waals surface area (Å²) in [7, 11) is 6.85. The van der Waals surface area contributed by atoms with Gasteiger partial charge in [-0.05, 0) is 0 Å². The van der Waals surface area contributed by atoms with E-state index in [9.17, 15) is 0 Å². The summed E-state index contributed by atoms with van der Waals surface area (Å²) in [6, 6.07) is 27.5. The summed E-state index contributed by atoms with van der Waals surface area (Å²) in [5, 5.41) is 0. The van der Waals surface area contributed by atoms with Gasteiger partial charge in [-0.3, -0.25) is 0 Å². The molecule has 0 saturated carbocycles. The fourth-order valence-corrected chi connectivity index (χ4v) is 47.9. The summed E-state index contributed by atoms with van der Waals surface area (Å²) in [6.45, 7) is 2.35. The third-order valence-electron chi connectivity index (χ3n) is 10.2. The van der Waals surface area contributed by atoms with Crippen molar-refractivity contribution < 1.29 is 36.1 Å². The van der Waals surface area contributed by atoms with Crippen LogP contribution in [0.4, 0.5) is 0 Å². The van der Waals surface area contributed by atoms with Crippen LogP contribution in [0.1, 0.15) is 42.9 Å². The van der Waals surface area contributed by atoms with Crippen LogP contribution in [-0.2, 0) is 17.1 Å². The number of methoxy groups -OCH3 is 4. The van der Waals surface area contributed by atoms with Crippen LogP contribution in [0.15, 0.2) is 84.9 Å². The molecule has 0 N–H and O–H groups in total. The van der Waals surface area contributed by atoms with Gasteiger partial charge in [-0.25, -0.2) is 0 Å². The van der Waals surface area contributed by atoms with Crippen LogP contribution >= 0.6 is 0 Å². The maximum atomic E-state index is 5.64. The van der Waals surface area contributed by atoms with E-state index < -0.39 is 17.1 Å². The summed E-state index contributed by atoms with van der Waals surface area (Å²) < 4.78 is 29.1. The Kier molecular flexibility index (Phi) is 8.75. The van der Waals surface area contributed by atoms with Crippen molar-refractivity contribution in [3.8, 4) is 45.3 Å². The normalized spacial score (nSPS) is 16.7. The molecule has 0 aliphatic heterocycles. The second kappa shape index (κ2) is 12.4. The average molecular weight is 783 g/mol. The van der Waals surface area contributed by atoms with Gasteiger partial charge in [-0.2, -0.15) is 0 Å². The molecule has 2 aliphatic rings. The molecular weight excluding hydrogens is 739 g/mol. The van der Waals surface area contributed by atoms with Crippen LogP contribution in [0.3, 0.4) is 0 Å². The fraction of sp³-hybridized carbons (Fsp3) is 0.282. The Morgan fingerprint density at radius 2 is 1.00 bits per heavy atom. The Balaban J connectivity index is 1.49. The molecule has 4 nitrogen and oxygen atoms in total. The molecule has 2 aliphatic carbocycles. The SMILES string of the molecule is CCC[SiH]=[Hf]([CH3])([CH3])([CH]1C=Cc2c(-c3cc(OC)cc(OC)c3)cccc21)[CH]1C=Cc2c(-c3cc(OC)cc(OC)c3)cccc21. The number of hydrogen-bond acceptors (Lipinski definition) is 4. The van der Waals surface area contributed by atoms with Crippen molar-refractivity contribution in [3.05, 3.63) is 107 Å². The Hall–Kier alpha value is -3.35. The van der Waals surface area contributed by atoms with E-state index in [2.05, 4.69) is 101 Å². The predicted molar refractivity (Wildman–Crippen MR) is 187 cm³/mol. The molecule has 4 aromatic carbocycles. The first-order chi connectivity index (χ1) is 21.7. The third kappa shape index (κ3) is 5.54. The Morgan fingerprint density at radius 3 is 1.36 bits per heavy atom. The van der Waals surface area contributed by atoms with Crippen molar-refractivity contribution in [2.45, 2.75) is 36.1 Å². The van der Waals surface area contributed by atoms with E-state index in [0.717, 1.165) is 34.1 Å². The number of hydrogen-bond donors (Lipinski definition) is 0. The Bertz CT molecular complexity index is 1730. The van der Waals surface area contributed by atoms with Gasteiger partial charge in [0.1, 0.15) is 0 Å². The first-order valence-corrected chi connectivity index (χ1v) is 34.8. The molecule has 0 bridgehead atoms. The molecule has 0 fully saturated rings. The first-order valence-electron chi connectivity index (χ1n) is 15.9. The predicted octanol–water partition coefficient (Wildman–Crippen LogP) is 9.86. The summed E-state index contributed by atoms with van der Waals surface area (Å²) in [5.74, 6) is 3.23. The van der Waals surface area contributed by atoms with Gasteiger partial charge in [0.05, 0.1) is 0 Å². The number of allylic oxidation sites excluding steroid dienone is 2. The van der Waals surface area contributed by atoms with Crippen molar-refractivity contribution in [2.24, 2.45) is 0 Å². The van der Waals surface area contributed by atoms with E-state index in [0.29, 0.717) is 13.6 Å². The number of benzene rings is 4. The van der Waals surface area contributed by atoms with Crippen LogP contribution in [0.5, 0.6) is 23.0 Å². The molecule has 0 spiro atoms. The summed E-state index contributed by atoms with van der Waals surface area (Å²) in [4.78, 5) is 0. The van der Waals surface area contributed by atoms with Gasteiger partial charge in [-0.1, -0.05) is 0 Å². The van der Waals surface area contributed by atoms with Gasteiger partial charge < -0.3 is 0 Å². The van der Waals surface area contributed by atoms with Crippen molar-refractivity contribution in [1.82, 2.24) is 0 Å². The van der Waals surface area contributed by atoms with E-state index in [1.165, 1.54) is 45.8 Å². The van der Waals surface area contributed by atoms with Crippen LogP contribution in [0.25, 0.3) is 34.4 Å². The molecule has 6 rings (SSSR count). The minimum atomic E-state index is -3.79. The Morgan fingerprint density at radius 1 is 0.600 bits per heavy atom.